The van der Waals surface area contributed by atoms with Crippen molar-refractivity contribution in [2.75, 3.05) is 30.8 Å². The lowest BCUT2D eigenvalue weighted by atomic mass is 10.3. The molecule has 3 N–H and O–H groups in total. The minimum atomic E-state index is -0.231. The molecule has 0 radical (unpaired) electrons. The van der Waals surface area contributed by atoms with Crippen LogP contribution in [0.25, 0.3) is 0 Å². The van der Waals surface area contributed by atoms with Crippen molar-refractivity contribution in [2.24, 2.45) is 10.7 Å². The third-order valence-electron chi connectivity index (χ3n) is 3.48. The molecule has 1 aliphatic heterocycles. The van der Waals surface area contributed by atoms with Crippen molar-refractivity contribution in [2.45, 2.75) is 11.3 Å². The molecule has 0 aliphatic carbocycles. The lowest BCUT2D eigenvalue weighted by Gasteiger charge is -2.10. The highest BCUT2D eigenvalue weighted by atomic mass is 127. The molecule has 0 spiro atoms. The van der Waals surface area contributed by atoms with Crippen LogP contribution < -0.4 is 20.5 Å². The van der Waals surface area contributed by atoms with E-state index >= 15 is 0 Å². The second-order valence-electron chi connectivity index (χ2n) is 5.41. The Hall–Kier alpha value is -1.68. The second kappa shape index (κ2) is 10.5. The fourth-order valence-electron chi connectivity index (χ4n) is 2.29. The molecule has 140 valence electrons. The van der Waals surface area contributed by atoms with Gasteiger partial charge in [0.25, 0.3) is 0 Å². The van der Waals surface area contributed by atoms with Gasteiger partial charge in [0.1, 0.15) is 5.82 Å². The van der Waals surface area contributed by atoms with Crippen LogP contribution in [-0.2, 0) is 0 Å². The standard InChI is InChI=1S/C18H20FN3O2S.HI/c19-13-2-5-15(6-3-13)25-11-8-21-18(20)22-14-4-7-16-17(12-14)24-10-1-9-23-16;/h2-7,12H,1,8-11H2,(H3,20,21,22);1H. The first kappa shape index (κ1) is 20.6. The summed E-state index contributed by atoms with van der Waals surface area (Å²) in [6.45, 7) is 1.86. The first-order chi connectivity index (χ1) is 12.2. The Morgan fingerprint density at radius 2 is 1.85 bits per heavy atom. The number of anilines is 1. The average Bonchev–Trinajstić information content (AvgIpc) is 2.85. The molecule has 2 aromatic rings. The van der Waals surface area contributed by atoms with Crippen LogP contribution in [0, 0.1) is 5.82 Å². The molecule has 0 amide bonds. The molecule has 1 heterocycles. The molecule has 2 aromatic carbocycles. The molecule has 26 heavy (non-hydrogen) atoms. The number of ether oxygens (including phenoxy) is 2. The first-order valence-corrected chi connectivity index (χ1v) is 9.04. The number of aliphatic imine (C=N–C) groups is 1. The summed E-state index contributed by atoms with van der Waals surface area (Å²) in [6.07, 6.45) is 0.868. The van der Waals surface area contributed by atoms with Crippen molar-refractivity contribution in [1.29, 1.82) is 0 Å². The van der Waals surface area contributed by atoms with E-state index in [1.54, 1.807) is 23.9 Å². The Labute approximate surface area is 173 Å². The molecule has 5 nitrogen and oxygen atoms in total. The molecular weight excluding hydrogens is 468 g/mol. The van der Waals surface area contributed by atoms with Crippen molar-refractivity contribution < 1.29 is 13.9 Å². The van der Waals surface area contributed by atoms with Crippen LogP contribution in [0.4, 0.5) is 10.1 Å². The van der Waals surface area contributed by atoms with E-state index in [9.17, 15) is 4.39 Å². The summed E-state index contributed by atoms with van der Waals surface area (Å²) in [7, 11) is 0. The number of guanidine groups is 1. The smallest absolute Gasteiger partial charge is 0.193 e. The molecule has 0 aromatic heterocycles. The van der Waals surface area contributed by atoms with E-state index < -0.39 is 0 Å². The van der Waals surface area contributed by atoms with Crippen LogP contribution >= 0.6 is 35.7 Å². The molecule has 0 fully saturated rings. The van der Waals surface area contributed by atoms with Gasteiger partial charge in [0.15, 0.2) is 17.5 Å². The molecule has 3 rings (SSSR count). The lowest BCUT2D eigenvalue weighted by molar-refractivity contribution is 0.297. The molecule has 0 atom stereocenters. The van der Waals surface area contributed by atoms with Gasteiger partial charge < -0.3 is 20.5 Å². The van der Waals surface area contributed by atoms with Crippen molar-refractivity contribution in [3.05, 3.63) is 48.3 Å². The van der Waals surface area contributed by atoms with E-state index in [4.69, 9.17) is 15.2 Å². The quantitative estimate of drug-likeness (QED) is 0.218. The number of nitrogens with zero attached hydrogens (tertiary/aromatic N) is 1. The van der Waals surface area contributed by atoms with Crippen LogP contribution in [0.15, 0.2) is 52.4 Å². The minimum absolute atomic E-state index is 0. The van der Waals surface area contributed by atoms with Crippen LogP contribution in [0.5, 0.6) is 11.5 Å². The van der Waals surface area contributed by atoms with Gasteiger partial charge in [-0.2, -0.15) is 0 Å². The molecule has 1 aliphatic rings. The van der Waals surface area contributed by atoms with Gasteiger partial charge in [-0.25, -0.2) is 4.39 Å². The number of hydrogen-bond donors (Lipinski definition) is 2. The molecule has 0 unspecified atom stereocenters. The zero-order valence-corrected chi connectivity index (χ0v) is 17.3. The highest BCUT2D eigenvalue weighted by Crippen LogP contribution is 2.32. The zero-order valence-electron chi connectivity index (χ0n) is 14.1. The molecular formula is C18H21FIN3O2S. The first-order valence-electron chi connectivity index (χ1n) is 8.06. The SMILES string of the molecule is I.NC(=NCCSc1ccc(F)cc1)Nc1ccc2c(c1)OCCCO2. The predicted molar refractivity (Wildman–Crippen MR) is 115 cm³/mol. The zero-order chi connectivity index (χ0) is 17.5. The van der Waals surface area contributed by atoms with Crippen molar-refractivity contribution in [1.82, 2.24) is 0 Å². The van der Waals surface area contributed by atoms with Crippen LogP contribution in [0.3, 0.4) is 0 Å². The minimum Gasteiger partial charge on any atom is -0.490 e. The molecule has 0 saturated heterocycles. The fourth-order valence-corrected chi connectivity index (χ4v) is 3.04. The average molecular weight is 489 g/mol. The van der Waals surface area contributed by atoms with Gasteiger partial charge in [0.2, 0.25) is 0 Å². The Kier molecular flexibility index (Phi) is 8.30. The predicted octanol–water partition coefficient (Wildman–Crippen LogP) is 4.12. The highest BCUT2D eigenvalue weighted by molar-refractivity contribution is 14.0. The third-order valence-corrected chi connectivity index (χ3v) is 4.47. The number of nitrogens with one attached hydrogen (secondary N) is 1. The van der Waals surface area contributed by atoms with Crippen LogP contribution in [0.1, 0.15) is 6.42 Å². The summed E-state index contributed by atoms with van der Waals surface area (Å²) >= 11 is 1.60. The van der Waals surface area contributed by atoms with Gasteiger partial charge in [-0.15, -0.1) is 35.7 Å². The van der Waals surface area contributed by atoms with E-state index in [0.29, 0.717) is 31.5 Å². The number of hydrogen-bond acceptors (Lipinski definition) is 4. The Morgan fingerprint density at radius 3 is 2.62 bits per heavy atom. The van der Waals surface area contributed by atoms with E-state index in [1.807, 2.05) is 18.2 Å². The van der Waals surface area contributed by atoms with E-state index in [1.165, 1.54) is 12.1 Å². The maximum absolute atomic E-state index is 12.8. The number of thioether (sulfide) groups is 1. The number of benzene rings is 2. The normalized spacial score (nSPS) is 13.5. The second-order valence-corrected chi connectivity index (χ2v) is 6.57. The number of fused-ring (bicyclic) bond motifs is 1. The Bertz CT molecular complexity index is 744. The highest BCUT2D eigenvalue weighted by Gasteiger charge is 2.10. The summed E-state index contributed by atoms with van der Waals surface area (Å²) in [4.78, 5) is 5.30. The monoisotopic (exact) mass is 489 g/mol. The Balaban J connectivity index is 0.00000243. The number of halogens is 2. The summed E-state index contributed by atoms with van der Waals surface area (Å²) < 4.78 is 24.1. The van der Waals surface area contributed by atoms with Crippen molar-refractivity contribution in [3.8, 4) is 11.5 Å². The maximum atomic E-state index is 12.8. The lowest BCUT2D eigenvalue weighted by Crippen LogP contribution is -2.23. The van der Waals surface area contributed by atoms with Crippen molar-refractivity contribution in [3.63, 3.8) is 0 Å². The summed E-state index contributed by atoms with van der Waals surface area (Å²) in [5, 5.41) is 3.05. The van der Waals surface area contributed by atoms with Gasteiger partial charge in [0.05, 0.1) is 19.8 Å². The van der Waals surface area contributed by atoms with Gasteiger partial charge in [-0.1, -0.05) is 0 Å². The third kappa shape index (κ3) is 6.24. The summed E-state index contributed by atoms with van der Waals surface area (Å²) in [5.74, 6) is 2.33. The van der Waals surface area contributed by atoms with Crippen LogP contribution in [0.2, 0.25) is 0 Å². The molecule has 0 bridgehead atoms. The fraction of sp³-hybridized carbons (Fsp3) is 0.278. The van der Waals surface area contributed by atoms with E-state index in [2.05, 4.69) is 10.3 Å². The van der Waals surface area contributed by atoms with E-state index in [0.717, 1.165) is 28.5 Å². The summed E-state index contributed by atoms with van der Waals surface area (Å²) in [6, 6.07) is 12.0. The summed E-state index contributed by atoms with van der Waals surface area (Å²) in [5.41, 5.74) is 6.72. The Morgan fingerprint density at radius 1 is 1.12 bits per heavy atom. The largest absolute Gasteiger partial charge is 0.490 e. The van der Waals surface area contributed by atoms with Gasteiger partial charge >= 0.3 is 0 Å². The number of nitrogens with two attached hydrogens (primary N) is 1. The van der Waals surface area contributed by atoms with Gasteiger partial charge in [-0.3, -0.25) is 4.99 Å². The van der Waals surface area contributed by atoms with Gasteiger partial charge in [-0.05, 0) is 36.4 Å². The van der Waals surface area contributed by atoms with Crippen LogP contribution in [-0.4, -0.2) is 31.5 Å². The van der Waals surface area contributed by atoms with Gasteiger partial charge in [0, 0.05) is 28.8 Å². The maximum Gasteiger partial charge on any atom is 0.193 e. The van der Waals surface area contributed by atoms with E-state index in [-0.39, 0.29) is 29.8 Å². The molecule has 0 saturated carbocycles. The number of rotatable bonds is 5. The molecule has 8 heteroatoms. The topological polar surface area (TPSA) is 68.9 Å². The van der Waals surface area contributed by atoms with Crippen molar-refractivity contribution >= 4 is 47.4 Å².